The van der Waals surface area contributed by atoms with Crippen LogP contribution in [0, 0.1) is 6.92 Å². The van der Waals surface area contributed by atoms with Gasteiger partial charge in [0.1, 0.15) is 11.5 Å². The van der Waals surface area contributed by atoms with Crippen molar-refractivity contribution in [1.29, 1.82) is 0 Å². The van der Waals surface area contributed by atoms with Crippen molar-refractivity contribution in [2.75, 3.05) is 24.9 Å². The highest BCUT2D eigenvalue weighted by molar-refractivity contribution is 5.95. The Kier molecular flexibility index (Phi) is 6.60. The van der Waals surface area contributed by atoms with Crippen molar-refractivity contribution in [2.45, 2.75) is 26.7 Å². The van der Waals surface area contributed by atoms with E-state index < -0.39 is 0 Å². The first-order valence-corrected chi connectivity index (χ1v) is 8.32. The minimum Gasteiger partial charge on any atom is -0.497 e. The molecule has 2 amide bonds. The number of nitrogens with one attached hydrogen (secondary N) is 2. The molecule has 0 heterocycles. The van der Waals surface area contributed by atoms with Crippen LogP contribution in [0.1, 0.15) is 24.5 Å². The first kappa shape index (κ1) is 19.3. The first-order chi connectivity index (χ1) is 12.4. The van der Waals surface area contributed by atoms with Gasteiger partial charge < -0.3 is 20.1 Å². The Morgan fingerprint density at radius 2 is 1.69 bits per heavy atom. The average Bonchev–Trinajstić information content (AvgIpc) is 2.62. The largest absolute Gasteiger partial charge is 0.497 e. The van der Waals surface area contributed by atoms with Crippen LogP contribution in [0.3, 0.4) is 0 Å². The Labute approximate surface area is 153 Å². The molecule has 2 aromatic carbocycles. The van der Waals surface area contributed by atoms with Crippen LogP contribution in [0.25, 0.3) is 0 Å². The summed E-state index contributed by atoms with van der Waals surface area (Å²) < 4.78 is 10.6. The van der Waals surface area contributed by atoms with E-state index in [-0.39, 0.29) is 11.8 Å². The van der Waals surface area contributed by atoms with Gasteiger partial charge in [-0.05, 0) is 54.8 Å². The number of methoxy groups -OCH3 is 2. The van der Waals surface area contributed by atoms with Crippen LogP contribution >= 0.6 is 0 Å². The lowest BCUT2D eigenvalue weighted by Crippen LogP contribution is -2.14. The monoisotopic (exact) mass is 356 g/mol. The predicted molar refractivity (Wildman–Crippen MR) is 102 cm³/mol. The van der Waals surface area contributed by atoms with E-state index in [1.54, 1.807) is 26.4 Å². The Balaban J connectivity index is 2.05. The van der Waals surface area contributed by atoms with Crippen molar-refractivity contribution in [3.8, 4) is 11.5 Å². The number of aryl methyl sites for hydroxylation is 1. The third-order valence-corrected chi connectivity index (χ3v) is 4.03. The summed E-state index contributed by atoms with van der Waals surface area (Å²) in [7, 11) is 3.20. The van der Waals surface area contributed by atoms with Crippen molar-refractivity contribution in [2.24, 2.45) is 0 Å². The Morgan fingerprint density at radius 3 is 2.31 bits per heavy atom. The molecule has 0 aromatic heterocycles. The number of hydrogen-bond acceptors (Lipinski definition) is 4. The fourth-order valence-corrected chi connectivity index (χ4v) is 2.63. The van der Waals surface area contributed by atoms with Crippen molar-refractivity contribution in [3.63, 3.8) is 0 Å². The minimum atomic E-state index is -0.151. The molecule has 6 heteroatoms. The molecule has 0 radical (unpaired) electrons. The lowest BCUT2D eigenvalue weighted by molar-refractivity contribution is -0.116. The molecule has 0 unspecified atom stereocenters. The van der Waals surface area contributed by atoms with Gasteiger partial charge >= 0.3 is 0 Å². The maximum atomic E-state index is 12.4. The van der Waals surface area contributed by atoms with Crippen LogP contribution in [-0.2, 0) is 16.0 Å². The van der Waals surface area contributed by atoms with Crippen LogP contribution in [0.2, 0.25) is 0 Å². The van der Waals surface area contributed by atoms with Gasteiger partial charge in [0.05, 0.1) is 14.2 Å². The summed E-state index contributed by atoms with van der Waals surface area (Å²) in [4.78, 5) is 23.6. The standard InChI is InChI=1S/C20H24N2O4/c1-13-17(21-14(2)23)6-5-7-18(13)22-20(24)11-8-15-12-16(25-3)9-10-19(15)26-4/h5-7,9-10,12H,8,11H2,1-4H3,(H,21,23)(H,22,24). The molecule has 0 atom stereocenters. The molecule has 0 saturated carbocycles. The number of ether oxygens (including phenoxy) is 2. The average molecular weight is 356 g/mol. The molecule has 6 nitrogen and oxygen atoms in total. The van der Waals surface area contributed by atoms with Crippen molar-refractivity contribution in [3.05, 3.63) is 47.5 Å². The minimum absolute atomic E-state index is 0.113. The summed E-state index contributed by atoms with van der Waals surface area (Å²) in [6.45, 7) is 3.30. The van der Waals surface area contributed by atoms with Gasteiger partial charge in [0, 0.05) is 24.7 Å². The zero-order chi connectivity index (χ0) is 19.1. The van der Waals surface area contributed by atoms with E-state index in [1.165, 1.54) is 6.92 Å². The van der Waals surface area contributed by atoms with E-state index in [1.807, 2.05) is 31.2 Å². The molecular formula is C20H24N2O4. The molecule has 138 valence electrons. The number of hydrogen-bond donors (Lipinski definition) is 2. The van der Waals surface area contributed by atoms with Crippen LogP contribution in [-0.4, -0.2) is 26.0 Å². The van der Waals surface area contributed by atoms with Gasteiger partial charge in [-0.15, -0.1) is 0 Å². The summed E-state index contributed by atoms with van der Waals surface area (Å²) in [5, 5.41) is 5.65. The van der Waals surface area contributed by atoms with E-state index in [2.05, 4.69) is 10.6 Å². The lowest BCUT2D eigenvalue weighted by atomic mass is 10.1. The predicted octanol–water partition coefficient (Wildman–Crippen LogP) is 3.54. The van der Waals surface area contributed by atoms with Gasteiger partial charge in [-0.2, -0.15) is 0 Å². The number of carbonyl (C=O) groups excluding carboxylic acids is 2. The molecular weight excluding hydrogens is 332 g/mol. The molecule has 0 aliphatic heterocycles. The Hall–Kier alpha value is -3.02. The SMILES string of the molecule is COc1ccc(OC)c(CCC(=O)Nc2cccc(NC(C)=O)c2C)c1. The Bertz CT molecular complexity index is 802. The van der Waals surface area contributed by atoms with Gasteiger partial charge in [0.25, 0.3) is 0 Å². The van der Waals surface area contributed by atoms with Gasteiger partial charge in [-0.25, -0.2) is 0 Å². The summed E-state index contributed by atoms with van der Waals surface area (Å²) >= 11 is 0. The van der Waals surface area contributed by atoms with Gasteiger partial charge in [-0.1, -0.05) is 6.07 Å². The maximum absolute atomic E-state index is 12.4. The van der Waals surface area contributed by atoms with Gasteiger partial charge in [0.2, 0.25) is 11.8 Å². The van der Waals surface area contributed by atoms with Crippen molar-refractivity contribution >= 4 is 23.2 Å². The molecule has 0 saturated heterocycles. The smallest absolute Gasteiger partial charge is 0.224 e. The van der Waals surface area contributed by atoms with Crippen LogP contribution in [0.4, 0.5) is 11.4 Å². The van der Waals surface area contributed by atoms with Crippen LogP contribution < -0.4 is 20.1 Å². The maximum Gasteiger partial charge on any atom is 0.224 e. The van der Waals surface area contributed by atoms with Crippen LogP contribution in [0.5, 0.6) is 11.5 Å². The van der Waals surface area contributed by atoms with Gasteiger partial charge in [0.15, 0.2) is 0 Å². The van der Waals surface area contributed by atoms with Crippen molar-refractivity contribution < 1.29 is 19.1 Å². The normalized spacial score (nSPS) is 10.2. The second-order valence-corrected chi connectivity index (χ2v) is 5.89. The summed E-state index contributed by atoms with van der Waals surface area (Å²) in [5.41, 5.74) is 3.09. The fraction of sp³-hybridized carbons (Fsp3) is 0.300. The number of anilines is 2. The lowest BCUT2D eigenvalue weighted by Gasteiger charge is -2.13. The third-order valence-electron chi connectivity index (χ3n) is 4.03. The number of rotatable bonds is 7. The highest BCUT2D eigenvalue weighted by Gasteiger charge is 2.11. The zero-order valence-electron chi connectivity index (χ0n) is 15.5. The quantitative estimate of drug-likeness (QED) is 0.795. The van der Waals surface area contributed by atoms with E-state index in [4.69, 9.17) is 9.47 Å². The number of amides is 2. The first-order valence-electron chi connectivity index (χ1n) is 8.32. The second-order valence-electron chi connectivity index (χ2n) is 5.89. The van der Waals surface area contributed by atoms with E-state index in [0.29, 0.717) is 24.2 Å². The molecule has 0 aliphatic carbocycles. The second kappa shape index (κ2) is 8.89. The third kappa shape index (κ3) is 4.99. The molecule has 26 heavy (non-hydrogen) atoms. The number of carbonyl (C=O) groups is 2. The van der Waals surface area contributed by atoms with Crippen LogP contribution in [0.15, 0.2) is 36.4 Å². The summed E-state index contributed by atoms with van der Waals surface area (Å²) in [6.07, 6.45) is 0.823. The fourth-order valence-electron chi connectivity index (χ4n) is 2.63. The molecule has 0 aliphatic rings. The molecule has 0 bridgehead atoms. The summed E-state index contributed by atoms with van der Waals surface area (Å²) in [5.74, 6) is 1.18. The zero-order valence-corrected chi connectivity index (χ0v) is 15.5. The van der Waals surface area contributed by atoms with Crippen molar-refractivity contribution in [1.82, 2.24) is 0 Å². The Morgan fingerprint density at radius 1 is 1.00 bits per heavy atom. The number of benzene rings is 2. The summed E-state index contributed by atoms with van der Waals surface area (Å²) in [6, 6.07) is 10.9. The highest BCUT2D eigenvalue weighted by atomic mass is 16.5. The molecule has 0 fully saturated rings. The van der Waals surface area contributed by atoms with E-state index >= 15 is 0 Å². The highest BCUT2D eigenvalue weighted by Crippen LogP contribution is 2.26. The van der Waals surface area contributed by atoms with E-state index in [0.717, 1.165) is 22.6 Å². The van der Waals surface area contributed by atoms with Gasteiger partial charge in [-0.3, -0.25) is 9.59 Å². The molecule has 2 aromatic rings. The molecule has 0 spiro atoms. The van der Waals surface area contributed by atoms with E-state index in [9.17, 15) is 9.59 Å². The topological polar surface area (TPSA) is 76.7 Å². The molecule has 2 rings (SSSR count). The molecule has 2 N–H and O–H groups in total.